The molecule has 6 aromatic heterocycles. The third-order valence-corrected chi connectivity index (χ3v) is 16.6. The van der Waals surface area contributed by atoms with E-state index in [0.717, 1.165) is 95.9 Å². The molecule has 3 N–H and O–H groups in total. The minimum Gasteiger partial charge on any atom is -0.444 e. The number of carbonyl (C=O) groups excluding carboxylic acids is 2. The van der Waals surface area contributed by atoms with Crippen molar-refractivity contribution in [2.24, 2.45) is 14.1 Å². The summed E-state index contributed by atoms with van der Waals surface area (Å²) in [5.41, 5.74) is 13.7. The molecule has 0 bridgehead atoms. The first-order valence-electron chi connectivity index (χ1n) is 26.2. The molecule has 6 aromatic rings. The molecule has 2 aliphatic heterocycles. The molecule has 8 heterocycles. The number of ketones is 1. The van der Waals surface area contributed by atoms with E-state index in [0.29, 0.717) is 68.9 Å². The molecule has 0 saturated carbocycles. The SMILES string of the molecule is CC#Cc1c(C2CCCN(C(=O)OC(C)(C)C)C2)nc2c(-c3cnn(C)c3)cnn2c1N(COCC[Si](C)(C)C)COCC[Si](C)(C)C.CCC(=O)c1c(C2CCCNC2)nc2c(-c3cnn(C)c3)cnn2c1N. The fourth-order valence-electron chi connectivity index (χ4n) is 9.19. The molecule has 2 fully saturated rings. The summed E-state index contributed by atoms with van der Waals surface area (Å²) in [6.45, 7) is 28.5. The molecule has 2 atom stereocenters. The monoisotopic (exact) mass is 1050 g/mol. The van der Waals surface area contributed by atoms with Gasteiger partial charge in [-0.25, -0.2) is 14.8 Å². The van der Waals surface area contributed by atoms with Gasteiger partial charge in [0.2, 0.25) is 0 Å². The maximum atomic E-state index is 13.2. The van der Waals surface area contributed by atoms with Gasteiger partial charge >= 0.3 is 6.09 Å². The number of likely N-dealkylation sites (tertiary alicyclic amines) is 1. The molecule has 0 spiro atoms. The molecular weight excluding hydrogens is 969 g/mol. The Morgan fingerprint density at radius 3 is 1.89 bits per heavy atom. The van der Waals surface area contributed by atoms with E-state index in [4.69, 9.17) is 35.0 Å². The van der Waals surface area contributed by atoms with Crippen molar-refractivity contribution in [3.05, 3.63) is 59.7 Å². The Morgan fingerprint density at radius 1 is 0.811 bits per heavy atom. The van der Waals surface area contributed by atoms with Gasteiger partial charge in [-0.05, 0) is 72.0 Å². The number of Topliss-reactive ketones (excluding diaryl/α,β-unsaturated/α-hetero) is 1. The lowest BCUT2D eigenvalue weighted by Crippen LogP contribution is -2.42. The van der Waals surface area contributed by atoms with Crippen molar-refractivity contribution < 1.29 is 23.8 Å². The lowest BCUT2D eigenvalue weighted by molar-refractivity contribution is 0.0197. The highest BCUT2D eigenvalue weighted by atomic mass is 28.3. The largest absolute Gasteiger partial charge is 0.444 e. The second kappa shape index (κ2) is 23.7. The Hall–Kier alpha value is -5.93. The first kappa shape index (κ1) is 55.8. The van der Waals surface area contributed by atoms with Crippen molar-refractivity contribution in [3.63, 3.8) is 0 Å². The quantitative estimate of drug-likeness (QED) is 0.0288. The Morgan fingerprint density at radius 2 is 1.38 bits per heavy atom. The number of hydrogen-bond donors (Lipinski definition) is 2. The van der Waals surface area contributed by atoms with Gasteiger partial charge in [-0.1, -0.05) is 52.1 Å². The molecule has 19 nitrogen and oxygen atoms in total. The average molecular weight is 1050 g/mol. The van der Waals surface area contributed by atoms with Crippen LogP contribution in [0.4, 0.5) is 16.4 Å². The number of aryl methyl sites for hydroxylation is 2. The molecule has 8 rings (SSSR count). The van der Waals surface area contributed by atoms with Gasteiger partial charge in [0.1, 0.15) is 24.9 Å². The van der Waals surface area contributed by atoms with E-state index in [9.17, 15) is 9.59 Å². The second-order valence-electron chi connectivity index (χ2n) is 23.0. The van der Waals surface area contributed by atoms with Crippen LogP contribution in [0.3, 0.4) is 0 Å². The van der Waals surface area contributed by atoms with Gasteiger partial charge < -0.3 is 35.1 Å². The number of piperidine rings is 2. The van der Waals surface area contributed by atoms with E-state index >= 15 is 0 Å². The van der Waals surface area contributed by atoms with Gasteiger partial charge in [-0.3, -0.25) is 14.2 Å². The average Bonchev–Trinajstić information content (AvgIpc) is 4.17. The number of nitrogens with two attached hydrogens (primary N) is 1. The van der Waals surface area contributed by atoms with E-state index in [1.54, 1.807) is 26.3 Å². The van der Waals surface area contributed by atoms with Crippen LogP contribution in [0.2, 0.25) is 51.4 Å². The molecule has 0 radical (unpaired) electrons. The van der Waals surface area contributed by atoms with Gasteiger partial charge in [-0.2, -0.15) is 29.4 Å². The van der Waals surface area contributed by atoms with Gasteiger partial charge in [0.25, 0.3) is 0 Å². The van der Waals surface area contributed by atoms with E-state index in [-0.39, 0.29) is 23.7 Å². The molecular formula is C53H80N14O5Si2. The third kappa shape index (κ3) is 13.9. The number of carbonyl (C=O) groups is 2. The fraction of sp³-hybridized carbons (Fsp3) is 0.585. The summed E-state index contributed by atoms with van der Waals surface area (Å²) in [5.74, 6) is 7.87. The fourth-order valence-corrected chi connectivity index (χ4v) is 10.7. The number of rotatable bonds is 17. The van der Waals surface area contributed by atoms with Crippen molar-refractivity contribution in [2.45, 2.75) is 136 Å². The Labute approximate surface area is 438 Å². The Kier molecular flexibility index (Phi) is 17.9. The van der Waals surface area contributed by atoms with Crippen molar-refractivity contribution in [3.8, 4) is 34.1 Å². The number of nitrogens with one attached hydrogen (secondary N) is 1. The third-order valence-electron chi connectivity index (χ3n) is 13.2. The van der Waals surface area contributed by atoms with Crippen LogP contribution in [0.5, 0.6) is 0 Å². The summed E-state index contributed by atoms with van der Waals surface area (Å²) >= 11 is 0. The first-order valence-corrected chi connectivity index (χ1v) is 33.6. The minimum atomic E-state index is -1.29. The molecule has 0 aromatic carbocycles. The number of hydrogen-bond acceptors (Lipinski definition) is 14. The van der Waals surface area contributed by atoms with Crippen molar-refractivity contribution in [1.82, 2.24) is 59.0 Å². The summed E-state index contributed by atoms with van der Waals surface area (Å²) in [6, 6.07) is 2.12. The predicted molar refractivity (Wildman–Crippen MR) is 297 cm³/mol. The number of ether oxygens (including phenoxy) is 3. The van der Waals surface area contributed by atoms with E-state index in [2.05, 4.69) is 76.6 Å². The highest BCUT2D eigenvalue weighted by Crippen LogP contribution is 2.37. The highest BCUT2D eigenvalue weighted by molar-refractivity contribution is 6.76. The number of nitrogens with zero attached hydrogens (tertiary/aromatic N) is 12. The molecule has 2 aliphatic rings. The number of amides is 1. The molecule has 2 unspecified atom stereocenters. The molecule has 0 aliphatic carbocycles. The van der Waals surface area contributed by atoms with E-state index in [1.807, 2.05) is 82.9 Å². The second-order valence-corrected chi connectivity index (χ2v) is 34.3. The number of anilines is 2. The molecule has 1 amide bonds. The normalized spacial score (nSPS) is 16.5. The van der Waals surface area contributed by atoms with Crippen molar-refractivity contribution >= 4 is 51.0 Å². The van der Waals surface area contributed by atoms with Crippen LogP contribution in [-0.2, 0) is 28.3 Å². The van der Waals surface area contributed by atoms with Crippen LogP contribution in [-0.4, -0.2) is 140 Å². The molecule has 2 saturated heterocycles. The standard InChI is InChI=1S/C35H57N7O4Si2.C18H23N7O/c1-12-14-29-31(27-15-13-16-40(24-27)34(43)46-35(2,3)4)38-32-30(28-21-36-39(5)23-28)22-37-42(32)33(29)41(25-44-17-19-47(6,7)8)26-45-18-20-48(9,10)11;1-3-14(26)15-16(11-5-4-6-20-7-11)23-18-13(9-22-25(18)17(15)19)12-8-21-24(2)10-12/h21-23,27H,13,15-20,24-26H2,1-11H3;8-11,20H,3-7,19H2,1-2H3. The van der Waals surface area contributed by atoms with Crippen LogP contribution in [0.15, 0.2) is 37.2 Å². The minimum absolute atomic E-state index is 0.0101. The summed E-state index contributed by atoms with van der Waals surface area (Å²) in [7, 11) is 1.18. The zero-order valence-electron chi connectivity index (χ0n) is 46.2. The summed E-state index contributed by atoms with van der Waals surface area (Å²) in [4.78, 5) is 40.0. The molecule has 21 heteroatoms. The molecule has 400 valence electrons. The van der Waals surface area contributed by atoms with Crippen LogP contribution in [0, 0.1) is 11.8 Å². The summed E-state index contributed by atoms with van der Waals surface area (Å²) in [5, 5.41) is 21.3. The van der Waals surface area contributed by atoms with Crippen LogP contribution in [0.25, 0.3) is 33.5 Å². The lowest BCUT2D eigenvalue weighted by atomic mass is 9.91. The number of nitrogen functional groups attached to an aromatic ring is 1. The van der Waals surface area contributed by atoms with Gasteiger partial charge in [0, 0.05) is 116 Å². The van der Waals surface area contributed by atoms with Crippen molar-refractivity contribution in [1.29, 1.82) is 0 Å². The van der Waals surface area contributed by atoms with Gasteiger partial charge in [0.05, 0.1) is 47.3 Å². The van der Waals surface area contributed by atoms with Crippen LogP contribution >= 0.6 is 0 Å². The van der Waals surface area contributed by atoms with Crippen LogP contribution in [0.1, 0.15) is 106 Å². The predicted octanol–water partition coefficient (Wildman–Crippen LogP) is 8.82. The van der Waals surface area contributed by atoms with Gasteiger partial charge in [0.15, 0.2) is 22.9 Å². The Balaban J connectivity index is 0.000000257. The number of aromatic nitrogens is 10. The summed E-state index contributed by atoms with van der Waals surface area (Å²) in [6.07, 6.45) is 14.9. The zero-order chi connectivity index (χ0) is 53.5. The zero-order valence-corrected chi connectivity index (χ0v) is 48.2. The van der Waals surface area contributed by atoms with E-state index in [1.165, 1.54) is 0 Å². The van der Waals surface area contributed by atoms with Crippen LogP contribution < -0.4 is 16.0 Å². The highest BCUT2D eigenvalue weighted by Gasteiger charge is 2.34. The maximum absolute atomic E-state index is 13.2. The van der Waals surface area contributed by atoms with Crippen molar-refractivity contribution in [2.75, 3.05) is 63.5 Å². The molecule has 74 heavy (non-hydrogen) atoms. The topological polar surface area (TPSA) is 202 Å². The maximum Gasteiger partial charge on any atom is 0.410 e. The summed E-state index contributed by atoms with van der Waals surface area (Å²) < 4.78 is 25.5. The number of fused-ring (bicyclic) bond motifs is 2. The Bertz CT molecular complexity index is 2940. The lowest BCUT2D eigenvalue weighted by Gasteiger charge is -2.35. The first-order chi connectivity index (χ1) is 35.1. The smallest absolute Gasteiger partial charge is 0.410 e. The van der Waals surface area contributed by atoms with E-state index < -0.39 is 21.7 Å². The van der Waals surface area contributed by atoms with Gasteiger partial charge in [-0.15, -0.1) is 5.92 Å².